The van der Waals surface area contributed by atoms with Gasteiger partial charge in [-0.15, -0.1) is 0 Å². The van der Waals surface area contributed by atoms with Crippen LogP contribution in [0, 0.1) is 11.7 Å². The summed E-state index contributed by atoms with van der Waals surface area (Å²) in [6.07, 6.45) is 0.720. The Morgan fingerprint density at radius 3 is 2.50 bits per heavy atom. The lowest BCUT2D eigenvalue weighted by Crippen LogP contribution is -2.52. The molecule has 3 rings (SSSR count). The Morgan fingerprint density at radius 1 is 1.23 bits per heavy atom. The number of nitrogens with two attached hydrogens (primary N) is 1. The van der Waals surface area contributed by atoms with Gasteiger partial charge < -0.3 is 4.90 Å². The standard InChI is InChI=1S/C14H18FN3O3S/c15-11-3-1-2-10(8-11)12-9-13(12)14(19)17-4-6-18(7-5-17)22(16,20)21/h1-3,8,12-13H,4-7,9H2,(H2,16,20,21)/t12-,13+/m1/s1. The van der Waals surface area contributed by atoms with Crippen molar-refractivity contribution in [3.8, 4) is 0 Å². The fourth-order valence-electron chi connectivity index (χ4n) is 2.97. The van der Waals surface area contributed by atoms with Gasteiger partial charge in [0.25, 0.3) is 10.2 Å². The van der Waals surface area contributed by atoms with Crippen molar-refractivity contribution in [2.24, 2.45) is 11.1 Å². The van der Waals surface area contributed by atoms with Crippen molar-refractivity contribution in [1.82, 2.24) is 9.21 Å². The molecule has 0 bridgehead atoms. The van der Waals surface area contributed by atoms with Crippen LogP contribution in [0.2, 0.25) is 0 Å². The van der Waals surface area contributed by atoms with Crippen LogP contribution < -0.4 is 5.14 Å². The van der Waals surface area contributed by atoms with Gasteiger partial charge in [0.1, 0.15) is 5.82 Å². The van der Waals surface area contributed by atoms with Gasteiger partial charge in [0, 0.05) is 32.1 Å². The van der Waals surface area contributed by atoms with Crippen LogP contribution in [0.15, 0.2) is 24.3 Å². The Hall–Kier alpha value is -1.51. The third kappa shape index (κ3) is 3.13. The largest absolute Gasteiger partial charge is 0.340 e. The molecule has 1 aliphatic heterocycles. The molecule has 22 heavy (non-hydrogen) atoms. The van der Waals surface area contributed by atoms with E-state index in [4.69, 9.17) is 5.14 Å². The Bertz CT molecular complexity index is 686. The molecule has 0 radical (unpaired) electrons. The van der Waals surface area contributed by atoms with Gasteiger partial charge in [-0.1, -0.05) is 12.1 Å². The molecule has 1 aromatic carbocycles. The van der Waals surface area contributed by atoms with E-state index in [1.807, 2.05) is 6.07 Å². The molecule has 1 saturated heterocycles. The Labute approximate surface area is 128 Å². The van der Waals surface area contributed by atoms with E-state index in [0.29, 0.717) is 13.1 Å². The molecular formula is C14H18FN3O3S. The topological polar surface area (TPSA) is 83.7 Å². The summed E-state index contributed by atoms with van der Waals surface area (Å²) in [7, 11) is -3.68. The van der Waals surface area contributed by atoms with Gasteiger partial charge in [0.2, 0.25) is 5.91 Å². The third-order valence-corrected chi connectivity index (χ3v) is 5.38. The Morgan fingerprint density at radius 2 is 1.91 bits per heavy atom. The zero-order chi connectivity index (χ0) is 15.9. The van der Waals surface area contributed by atoms with E-state index in [2.05, 4.69) is 0 Å². The summed E-state index contributed by atoms with van der Waals surface area (Å²) in [4.78, 5) is 14.1. The van der Waals surface area contributed by atoms with Crippen LogP contribution in [0.25, 0.3) is 0 Å². The predicted octanol–water partition coefficient (Wildman–Crippen LogP) is 0.277. The third-order valence-electron chi connectivity index (χ3n) is 4.29. The number of hydrogen-bond donors (Lipinski definition) is 1. The molecule has 2 fully saturated rings. The molecule has 1 saturated carbocycles. The zero-order valence-electron chi connectivity index (χ0n) is 12.0. The summed E-state index contributed by atoms with van der Waals surface area (Å²) >= 11 is 0. The van der Waals surface area contributed by atoms with Crippen molar-refractivity contribution in [1.29, 1.82) is 0 Å². The molecule has 1 aromatic rings. The molecule has 6 nitrogen and oxygen atoms in total. The number of carbonyl (C=O) groups excluding carboxylic acids is 1. The maximum Gasteiger partial charge on any atom is 0.277 e. The smallest absolute Gasteiger partial charge is 0.277 e. The minimum absolute atomic E-state index is 0.0170. The van der Waals surface area contributed by atoms with Crippen molar-refractivity contribution in [3.05, 3.63) is 35.6 Å². The molecule has 2 atom stereocenters. The summed E-state index contributed by atoms with van der Waals surface area (Å²) in [5, 5.41) is 5.08. The fourth-order valence-corrected chi connectivity index (χ4v) is 3.64. The molecule has 120 valence electrons. The highest BCUT2D eigenvalue weighted by atomic mass is 32.2. The summed E-state index contributed by atoms with van der Waals surface area (Å²) in [5.41, 5.74) is 0.849. The van der Waals surface area contributed by atoms with Gasteiger partial charge >= 0.3 is 0 Å². The van der Waals surface area contributed by atoms with Crippen LogP contribution in [-0.4, -0.2) is 49.7 Å². The van der Waals surface area contributed by atoms with Crippen molar-refractivity contribution >= 4 is 16.1 Å². The van der Waals surface area contributed by atoms with Gasteiger partial charge in [-0.05, 0) is 30.0 Å². The lowest BCUT2D eigenvalue weighted by atomic mass is 10.1. The molecule has 1 aliphatic carbocycles. The van der Waals surface area contributed by atoms with Crippen molar-refractivity contribution in [2.45, 2.75) is 12.3 Å². The molecule has 1 amide bonds. The van der Waals surface area contributed by atoms with Crippen molar-refractivity contribution in [2.75, 3.05) is 26.2 Å². The van der Waals surface area contributed by atoms with Crippen molar-refractivity contribution in [3.63, 3.8) is 0 Å². The second kappa shape index (κ2) is 5.60. The van der Waals surface area contributed by atoms with E-state index >= 15 is 0 Å². The summed E-state index contributed by atoms with van der Waals surface area (Å²) in [6.45, 7) is 1.15. The molecule has 1 heterocycles. The molecule has 2 aliphatic rings. The molecule has 0 aromatic heterocycles. The fraction of sp³-hybridized carbons (Fsp3) is 0.500. The molecule has 2 N–H and O–H groups in total. The quantitative estimate of drug-likeness (QED) is 0.865. The lowest BCUT2D eigenvalue weighted by molar-refractivity contribution is -0.133. The van der Waals surface area contributed by atoms with E-state index in [0.717, 1.165) is 12.0 Å². The number of carbonyl (C=O) groups is 1. The highest BCUT2D eigenvalue weighted by Crippen LogP contribution is 2.48. The SMILES string of the molecule is NS(=O)(=O)N1CCN(C(=O)[C@H]2C[C@@H]2c2cccc(F)c2)CC1. The molecule has 8 heteroatoms. The molecule has 0 spiro atoms. The van der Waals surface area contributed by atoms with E-state index < -0.39 is 10.2 Å². The summed E-state index contributed by atoms with van der Waals surface area (Å²) in [5.74, 6) is -0.331. The van der Waals surface area contributed by atoms with Crippen LogP contribution in [-0.2, 0) is 15.0 Å². The highest BCUT2D eigenvalue weighted by Gasteiger charge is 2.46. The van der Waals surface area contributed by atoms with Gasteiger partial charge in [-0.2, -0.15) is 12.7 Å². The lowest BCUT2D eigenvalue weighted by Gasteiger charge is -2.33. The van der Waals surface area contributed by atoms with E-state index in [-0.39, 0.29) is 36.6 Å². The normalized spacial score (nSPS) is 26.0. The van der Waals surface area contributed by atoms with Crippen LogP contribution >= 0.6 is 0 Å². The van der Waals surface area contributed by atoms with E-state index in [1.165, 1.54) is 16.4 Å². The van der Waals surface area contributed by atoms with Gasteiger partial charge in [0.05, 0.1) is 0 Å². The number of hydrogen-bond acceptors (Lipinski definition) is 3. The first-order valence-corrected chi connectivity index (χ1v) is 8.69. The first kappa shape index (κ1) is 15.4. The number of halogens is 1. The van der Waals surface area contributed by atoms with Gasteiger partial charge in [0.15, 0.2) is 0 Å². The van der Waals surface area contributed by atoms with Gasteiger partial charge in [-0.25, -0.2) is 9.53 Å². The minimum Gasteiger partial charge on any atom is -0.340 e. The van der Waals surface area contributed by atoms with Crippen LogP contribution in [0.3, 0.4) is 0 Å². The van der Waals surface area contributed by atoms with E-state index in [9.17, 15) is 17.6 Å². The minimum atomic E-state index is -3.68. The van der Waals surface area contributed by atoms with Crippen LogP contribution in [0.1, 0.15) is 17.9 Å². The first-order valence-electron chi connectivity index (χ1n) is 7.18. The summed E-state index contributed by atoms with van der Waals surface area (Å²) < 4.78 is 36.9. The number of benzene rings is 1. The zero-order valence-corrected chi connectivity index (χ0v) is 12.8. The maximum absolute atomic E-state index is 13.2. The molecular weight excluding hydrogens is 309 g/mol. The predicted molar refractivity (Wildman–Crippen MR) is 78.5 cm³/mol. The second-order valence-electron chi connectivity index (χ2n) is 5.77. The van der Waals surface area contributed by atoms with Crippen LogP contribution in [0.5, 0.6) is 0 Å². The highest BCUT2D eigenvalue weighted by molar-refractivity contribution is 7.86. The second-order valence-corrected chi connectivity index (χ2v) is 7.32. The Kier molecular flexibility index (Phi) is 3.92. The number of amides is 1. The van der Waals surface area contributed by atoms with E-state index in [1.54, 1.807) is 11.0 Å². The van der Waals surface area contributed by atoms with Crippen molar-refractivity contribution < 1.29 is 17.6 Å². The summed E-state index contributed by atoms with van der Waals surface area (Å²) in [6, 6.07) is 6.33. The van der Waals surface area contributed by atoms with Gasteiger partial charge in [-0.3, -0.25) is 4.79 Å². The number of rotatable bonds is 3. The monoisotopic (exact) mass is 327 g/mol. The molecule has 0 unspecified atom stereocenters. The Balaban J connectivity index is 1.58. The maximum atomic E-state index is 13.2. The first-order chi connectivity index (χ1) is 10.4. The number of piperazine rings is 1. The average molecular weight is 327 g/mol. The average Bonchev–Trinajstić information content (AvgIpc) is 3.26. The number of nitrogens with zero attached hydrogens (tertiary/aromatic N) is 2. The van der Waals surface area contributed by atoms with Crippen LogP contribution in [0.4, 0.5) is 4.39 Å².